The van der Waals surface area contributed by atoms with Gasteiger partial charge in [-0.25, -0.2) is 0 Å². The minimum atomic E-state index is 0. The van der Waals surface area contributed by atoms with E-state index < -0.39 is 0 Å². The zero-order chi connectivity index (χ0) is 17.2. The summed E-state index contributed by atoms with van der Waals surface area (Å²) in [4.78, 5) is 6.74. The quantitative estimate of drug-likeness (QED) is 0.365. The summed E-state index contributed by atoms with van der Waals surface area (Å²) in [6.45, 7) is 11.5. The van der Waals surface area contributed by atoms with Crippen molar-refractivity contribution in [2.24, 2.45) is 4.99 Å². The van der Waals surface area contributed by atoms with Crippen LogP contribution >= 0.6 is 24.0 Å². The van der Waals surface area contributed by atoms with Crippen LogP contribution in [-0.2, 0) is 6.54 Å². The van der Waals surface area contributed by atoms with E-state index in [0.717, 1.165) is 30.4 Å². The number of halogens is 1. The summed E-state index contributed by atoms with van der Waals surface area (Å²) in [5.74, 6) is 1.70. The molecule has 0 aliphatic rings. The van der Waals surface area contributed by atoms with Gasteiger partial charge in [0.2, 0.25) is 0 Å². The molecule has 24 heavy (non-hydrogen) atoms. The molecule has 138 valence electrons. The van der Waals surface area contributed by atoms with Crippen LogP contribution < -0.4 is 15.4 Å². The number of rotatable bonds is 8. The predicted molar refractivity (Wildman–Crippen MR) is 114 cm³/mol. The van der Waals surface area contributed by atoms with Gasteiger partial charge in [0.15, 0.2) is 5.96 Å². The van der Waals surface area contributed by atoms with Crippen molar-refractivity contribution < 1.29 is 4.74 Å². The highest BCUT2D eigenvalue weighted by atomic mass is 127. The maximum Gasteiger partial charge on any atom is 0.191 e. The van der Waals surface area contributed by atoms with E-state index in [1.165, 1.54) is 0 Å². The van der Waals surface area contributed by atoms with Crippen LogP contribution in [-0.4, -0.2) is 50.2 Å². The second-order valence-electron chi connectivity index (χ2n) is 6.09. The first-order valence-corrected chi connectivity index (χ1v) is 8.31. The van der Waals surface area contributed by atoms with Gasteiger partial charge in [0.25, 0.3) is 0 Å². The molecule has 0 aromatic heterocycles. The van der Waals surface area contributed by atoms with Gasteiger partial charge in [-0.2, -0.15) is 0 Å². The van der Waals surface area contributed by atoms with Gasteiger partial charge in [0.1, 0.15) is 5.75 Å². The van der Waals surface area contributed by atoms with Crippen molar-refractivity contribution in [1.82, 2.24) is 15.5 Å². The SMILES string of the molecule is CN=C(NCCN(C(C)C)C(C)C)NCc1ccccc1OC.I. The number of guanidine groups is 1. The summed E-state index contributed by atoms with van der Waals surface area (Å²) in [5.41, 5.74) is 1.11. The van der Waals surface area contributed by atoms with E-state index in [0.29, 0.717) is 18.6 Å². The Bertz CT molecular complexity index is 484. The normalized spacial score (nSPS) is 11.6. The number of ether oxygens (including phenoxy) is 1. The van der Waals surface area contributed by atoms with Gasteiger partial charge in [-0.15, -0.1) is 24.0 Å². The molecule has 0 bridgehead atoms. The zero-order valence-corrected chi connectivity index (χ0v) is 18.1. The van der Waals surface area contributed by atoms with E-state index in [2.05, 4.69) is 54.3 Å². The standard InChI is InChI=1S/C18H32N4O.HI/c1-14(2)22(15(3)4)12-11-20-18(19-5)21-13-16-9-7-8-10-17(16)23-6;/h7-10,14-15H,11-13H2,1-6H3,(H2,19,20,21);1H. The van der Waals surface area contributed by atoms with E-state index in [9.17, 15) is 0 Å². The van der Waals surface area contributed by atoms with Gasteiger partial charge in [-0.3, -0.25) is 9.89 Å². The van der Waals surface area contributed by atoms with E-state index in [-0.39, 0.29) is 24.0 Å². The van der Waals surface area contributed by atoms with Crippen molar-refractivity contribution >= 4 is 29.9 Å². The summed E-state index contributed by atoms with van der Waals surface area (Å²) < 4.78 is 5.37. The Morgan fingerprint density at radius 2 is 1.75 bits per heavy atom. The summed E-state index contributed by atoms with van der Waals surface area (Å²) in [7, 11) is 3.48. The zero-order valence-electron chi connectivity index (χ0n) is 15.8. The lowest BCUT2D eigenvalue weighted by molar-refractivity contribution is 0.178. The van der Waals surface area contributed by atoms with Crippen molar-refractivity contribution in [3.05, 3.63) is 29.8 Å². The van der Waals surface area contributed by atoms with Gasteiger partial charge in [-0.1, -0.05) is 18.2 Å². The number of hydrogen-bond acceptors (Lipinski definition) is 3. The molecule has 0 radical (unpaired) electrons. The van der Waals surface area contributed by atoms with Gasteiger partial charge < -0.3 is 15.4 Å². The van der Waals surface area contributed by atoms with Crippen LogP contribution in [0.2, 0.25) is 0 Å². The third kappa shape index (κ3) is 7.70. The van der Waals surface area contributed by atoms with Crippen LogP contribution in [0.5, 0.6) is 5.75 Å². The minimum Gasteiger partial charge on any atom is -0.496 e. The lowest BCUT2D eigenvalue weighted by Crippen LogP contribution is -2.45. The Hall–Kier alpha value is -1.02. The van der Waals surface area contributed by atoms with Crippen molar-refractivity contribution in [1.29, 1.82) is 0 Å². The number of nitrogens with one attached hydrogen (secondary N) is 2. The van der Waals surface area contributed by atoms with E-state index in [1.54, 1.807) is 14.2 Å². The molecular weight excluding hydrogens is 415 g/mol. The number of para-hydroxylation sites is 1. The minimum absolute atomic E-state index is 0. The van der Waals surface area contributed by atoms with Crippen LogP contribution in [0.1, 0.15) is 33.3 Å². The molecule has 0 heterocycles. The maximum absolute atomic E-state index is 5.37. The average Bonchev–Trinajstić information content (AvgIpc) is 2.53. The Morgan fingerprint density at radius 3 is 2.29 bits per heavy atom. The van der Waals surface area contributed by atoms with Crippen LogP contribution in [0.25, 0.3) is 0 Å². The van der Waals surface area contributed by atoms with Crippen molar-refractivity contribution in [3.8, 4) is 5.75 Å². The molecule has 1 rings (SSSR count). The summed E-state index contributed by atoms with van der Waals surface area (Å²) in [6.07, 6.45) is 0. The molecule has 0 atom stereocenters. The molecule has 1 aromatic rings. The van der Waals surface area contributed by atoms with E-state index in [1.807, 2.05) is 18.2 Å². The van der Waals surface area contributed by atoms with Gasteiger partial charge in [0, 0.05) is 44.3 Å². The summed E-state index contributed by atoms with van der Waals surface area (Å²) in [5, 5.41) is 6.71. The molecule has 5 nitrogen and oxygen atoms in total. The highest BCUT2D eigenvalue weighted by Gasteiger charge is 2.12. The average molecular weight is 448 g/mol. The molecular formula is C18H33IN4O. The van der Waals surface area contributed by atoms with Gasteiger partial charge in [-0.05, 0) is 33.8 Å². The second kappa shape index (κ2) is 12.4. The number of benzene rings is 1. The largest absolute Gasteiger partial charge is 0.496 e. The first-order valence-electron chi connectivity index (χ1n) is 8.31. The Kier molecular flexibility index (Phi) is 11.8. The highest BCUT2D eigenvalue weighted by Crippen LogP contribution is 2.16. The Morgan fingerprint density at radius 1 is 1.12 bits per heavy atom. The van der Waals surface area contributed by atoms with Crippen LogP contribution in [0.4, 0.5) is 0 Å². The number of hydrogen-bond donors (Lipinski definition) is 2. The lowest BCUT2D eigenvalue weighted by Gasteiger charge is -2.30. The summed E-state index contributed by atoms with van der Waals surface area (Å²) >= 11 is 0. The smallest absolute Gasteiger partial charge is 0.191 e. The van der Waals surface area contributed by atoms with Crippen LogP contribution in [0, 0.1) is 0 Å². The van der Waals surface area contributed by atoms with Crippen molar-refractivity contribution in [2.45, 2.75) is 46.3 Å². The van der Waals surface area contributed by atoms with Crippen LogP contribution in [0.3, 0.4) is 0 Å². The number of methoxy groups -OCH3 is 1. The molecule has 0 saturated carbocycles. The molecule has 6 heteroatoms. The van der Waals surface area contributed by atoms with Crippen molar-refractivity contribution in [3.63, 3.8) is 0 Å². The monoisotopic (exact) mass is 448 g/mol. The molecule has 2 N–H and O–H groups in total. The third-order valence-electron chi connectivity index (χ3n) is 3.85. The maximum atomic E-state index is 5.37. The fourth-order valence-corrected chi connectivity index (χ4v) is 2.66. The molecule has 0 aliphatic carbocycles. The van der Waals surface area contributed by atoms with E-state index in [4.69, 9.17) is 4.74 Å². The number of nitrogens with zero attached hydrogens (tertiary/aromatic N) is 2. The molecule has 0 fully saturated rings. The predicted octanol–water partition coefficient (Wildman–Crippen LogP) is 3.10. The topological polar surface area (TPSA) is 48.9 Å². The molecule has 0 amide bonds. The van der Waals surface area contributed by atoms with Crippen molar-refractivity contribution in [2.75, 3.05) is 27.2 Å². The Labute approximate surface area is 164 Å². The fourth-order valence-electron chi connectivity index (χ4n) is 2.66. The van der Waals surface area contributed by atoms with Gasteiger partial charge in [0.05, 0.1) is 7.11 Å². The first-order chi connectivity index (χ1) is 11.0. The van der Waals surface area contributed by atoms with E-state index >= 15 is 0 Å². The Balaban J connectivity index is 0.00000529. The third-order valence-corrected chi connectivity index (χ3v) is 3.85. The second-order valence-corrected chi connectivity index (χ2v) is 6.09. The lowest BCUT2D eigenvalue weighted by atomic mass is 10.2. The van der Waals surface area contributed by atoms with Crippen LogP contribution in [0.15, 0.2) is 29.3 Å². The molecule has 1 aromatic carbocycles. The first kappa shape index (κ1) is 23.0. The highest BCUT2D eigenvalue weighted by molar-refractivity contribution is 14.0. The summed E-state index contributed by atoms with van der Waals surface area (Å²) in [6, 6.07) is 9.09. The van der Waals surface area contributed by atoms with Gasteiger partial charge >= 0.3 is 0 Å². The number of aliphatic imine (C=N–C) groups is 1. The molecule has 0 unspecified atom stereocenters. The fraction of sp³-hybridized carbons (Fsp3) is 0.611. The molecule has 0 spiro atoms. The molecule has 0 aliphatic heterocycles. The molecule has 0 saturated heterocycles.